The van der Waals surface area contributed by atoms with Gasteiger partial charge in [-0.1, -0.05) is 0 Å². The lowest BCUT2D eigenvalue weighted by atomic mass is 10.1. The van der Waals surface area contributed by atoms with Gasteiger partial charge in [-0.2, -0.15) is 0 Å². The maximum atomic E-state index is 13.4. The molecule has 2 atom stereocenters. The predicted molar refractivity (Wildman–Crippen MR) is 242 cm³/mol. The van der Waals surface area contributed by atoms with E-state index in [4.69, 9.17) is 28.4 Å². The Kier molecular flexibility index (Phi) is 13.5. The summed E-state index contributed by atoms with van der Waals surface area (Å²) in [5.41, 5.74) is 0.161. The molecule has 4 aromatic rings. The molecule has 2 saturated carbocycles. The molecule has 0 saturated heterocycles. The van der Waals surface area contributed by atoms with Gasteiger partial charge in [-0.05, 0) is 143 Å². The van der Waals surface area contributed by atoms with Crippen molar-refractivity contribution in [2.75, 3.05) is 13.2 Å². The van der Waals surface area contributed by atoms with Gasteiger partial charge >= 0.3 is 35.5 Å². The number of ether oxygens (including phenoxy) is 6. The Bertz CT molecular complexity index is 2390. The summed E-state index contributed by atoms with van der Waals surface area (Å²) < 4.78 is 39.1. The number of rotatable bonds is 10. The van der Waals surface area contributed by atoms with Gasteiger partial charge in [0.25, 0.3) is 0 Å². The molecule has 2 aliphatic carbocycles. The first-order valence-electron chi connectivity index (χ1n) is 22.7. The summed E-state index contributed by atoms with van der Waals surface area (Å²) in [6.45, 7) is 18.9. The topological polar surface area (TPSA) is 184 Å². The van der Waals surface area contributed by atoms with E-state index in [0.717, 1.165) is 37.2 Å². The minimum absolute atomic E-state index is 0.0648. The molecular weight excluding hydrogens is 853 g/mol. The van der Waals surface area contributed by atoms with E-state index in [1.54, 1.807) is 123 Å². The quantitative estimate of drug-likeness (QED) is 0.118. The Morgan fingerprint density at radius 1 is 0.561 bits per heavy atom. The average molecular weight is 915 g/mol. The minimum Gasteiger partial charge on any atom is -0.490 e. The lowest BCUT2D eigenvalue weighted by Crippen LogP contribution is -2.48. The van der Waals surface area contributed by atoms with Gasteiger partial charge < -0.3 is 28.4 Å². The summed E-state index contributed by atoms with van der Waals surface area (Å²) in [4.78, 5) is 81.5. The lowest BCUT2D eigenvalue weighted by Gasteiger charge is -2.35. The fraction of sp³-hybridized carbons (Fsp3) is 0.542. The fourth-order valence-electron chi connectivity index (χ4n) is 7.76. The Morgan fingerprint density at radius 2 is 0.894 bits per heavy atom. The molecule has 356 valence electrons. The Hall–Kier alpha value is -6.46. The number of hydrogen-bond acceptors (Lipinski definition) is 12. The van der Waals surface area contributed by atoms with Gasteiger partial charge in [-0.3, -0.25) is 28.1 Å². The molecule has 18 heteroatoms. The normalized spacial score (nSPS) is 18.0. The van der Waals surface area contributed by atoms with E-state index in [0.29, 0.717) is 22.8 Å². The zero-order valence-electron chi connectivity index (χ0n) is 39.6. The third-order valence-corrected chi connectivity index (χ3v) is 11.1. The summed E-state index contributed by atoms with van der Waals surface area (Å²) in [5.74, 6) is 0.224. The van der Waals surface area contributed by atoms with Crippen LogP contribution < -0.4 is 20.9 Å². The molecule has 2 aromatic carbocycles. The molecule has 4 heterocycles. The first kappa shape index (κ1) is 47.5. The molecular formula is C48H62N6O12. The van der Waals surface area contributed by atoms with Gasteiger partial charge in [0.2, 0.25) is 0 Å². The van der Waals surface area contributed by atoms with E-state index in [1.165, 1.54) is 9.13 Å². The number of carbonyl (C=O) groups is 4. The van der Waals surface area contributed by atoms with Crippen LogP contribution >= 0.6 is 0 Å². The van der Waals surface area contributed by atoms with Crippen LogP contribution in [0.1, 0.15) is 127 Å². The fourth-order valence-corrected chi connectivity index (χ4v) is 7.76. The van der Waals surface area contributed by atoms with E-state index in [2.05, 4.69) is 0 Å². The van der Waals surface area contributed by atoms with Crippen LogP contribution in [0.25, 0.3) is 11.4 Å². The standard InChI is InChI=1S/2C24H31N3O6/c2*1-6-31-21(28)20-19-14-25(23(30)33-24(3,4)5)15(2)13-26(19)22(29)27(20)16-7-9-17(10-8-16)32-18-11-12-18/h2*7-10,15,18H,6,11-14H2,1-5H3/t2*15-/m10/s1. The highest BCUT2D eigenvalue weighted by Crippen LogP contribution is 2.31. The molecule has 2 amide bonds. The van der Waals surface area contributed by atoms with Crippen molar-refractivity contribution in [1.29, 1.82) is 0 Å². The second kappa shape index (κ2) is 18.8. The molecule has 2 fully saturated rings. The van der Waals surface area contributed by atoms with E-state index in [1.807, 2.05) is 13.8 Å². The number of hydrogen-bond donors (Lipinski definition) is 0. The maximum absolute atomic E-state index is 13.4. The number of fused-ring (bicyclic) bond motifs is 2. The number of aromatic nitrogens is 4. The number of imidazole rings is 2. The van der Waals surface area contributed by atoms with Crippen LogP contribution in [0.4, 0.5) is 9.59 Å². The monoisotopic (exact) mass is 914 g/mol. The largest absolute Gasteiger partial charge is 0.490 e. The van der Waals surface area contributed by atoms with Crippen molar-refractivity contribution < 1.29 is 47.6 Å². The van der Waals surface area contributed by atoms with E-state index < -0.39 is 35.3 Å². The predicted octanol–water partition coefficient (Wildman–Crippen LogP) is 6.99. The van der Waals surface area contributed by atoms with Crippen LogP contribution in [0.3, 0.4) is 0 Å². The number of benzene rings is 2. The molecule has 0 N–H and O–H groups in total. The molecule has 4 aliphatic rings. The smallest absolute Gasteiger partial charge is 0.410 e. The highest BCUT2D eigenvalue weighted by molar-refractivity contribution is 5.90. The molecule has 2 aliphatic heterocycles. The van der Waals surface area contributed by atoms with Crippen molar-refractivity contribution in [3.63, 3.8) is 0 Å². The zero-order valence-corrected chi connectivity index (χ0v) is 39.6. The van der Waals surface area contributed by atoms with Crippen LogP contribution in [0.15, 0.2) is 58.1 Å². The molecule has 8 rings (SSSR count). The maximum Gasteiger partial charge on any atom is 0.410 e. The van der Waals surface area contributed by atoms with Gasteiger partial charge in [-0.15, -0.1) is 0 Å². The number of carbonyl (C=O) groups excluding carboxylic acids is 4. The summed E-state index contributed by atoms with van der Waals surface area (Å²) >= 11 is 0. The summed E-state index contributed by atoms with van der Waals surface area (Å²) in [6, 6.07) is 13.6. The lowest BCUT2D eigenvalue weighted by molar-refractivity contribution is 0.00840. The summed E-state index contributed by atoms with van der Waals surface area (Å²) in [6.07, 6.45) is 3.74. The zero-order chi connectivity index (χ0) is 47.8. The third-order valence-electron chi connectivity index (χ3n) is 11.1. The molecule has 18 nitrogen and oxygen atoms in total. The molecule has 2 aromatic heterocycles. The van der Waals surface area contributed by atoms with Crippen molar-refractivity contribution in [3.8, 4) is 22.9 Å². The minimum atomic E-state index is -0.659. The first-order valence-corrected chi connectivity index (χ1v) is 22.7. The third kappa shape index (κ3) is 10.6. The van der Waals surface area contributed by atoms with Crippen LogP contribution in [0, 0.1) is 0 Å². The molecule has 0 bridgehead atoms. The second-order valence-corrected chi connectivity index (χ2v) is 19.0. The van der Waals surface area contributed by atoms with E-state index >= 15 is 0 Å². The molecule has 66 heavy (non-hydrogen) atoms. The van der Waals surface area contributed by atoms with Crippen molar-refractivity contribution >= 4 is 24.1 Å². The highest BCUT2D eigenvalue weighted by atomic mass is 16.6. The van der Waals surface area contributed by atoms with Crippen molar-refractivity contribution in [1.82, 2.24) is 28.1 Å². The molecule has 0 unspecified atom stereocenters. The van der Waals surface area contributed by atoms with Crippen LogP contribution in [0.2, 0.25) is 0 Å². The van der Waals surface area contributed by atoms with Gasteiger partial charge in [0.1, 0.15) is 22.7 Å². The van der Waals surface area contributed by atoms with E-state index in [9.17, 15) is 28.8 Å². The SMILES string of the molecule is CCOC(=O)c1c2n(c(=O)n1-c1ccc(OC3CC3)cc1)C[C@@H](C)N(C(=O)OC(C)(C)C)C2.CCOC(=O)c1c2n(c(=O)n1-c1ccc(OC3CC3)cc1)C[C@H](C)N(C(=O)OC(C)(C)C)C2. The average Bonchev–Trinajstić information content (AvgIpc) is 4.18. The van der Waals surface area contributed by atoms with Crippen molar-refractivity contribution in [3.05, 3.63) is 92.3 Å². The Labute approximate surface area is 383 Å². The molecule has 0 spiro atoms. The summed E-state index contributed by atoms with van der Waals surface area (Å²) in [7, 11) is 0. The van der Waals surface area contributed by atoms with Gasteiger partial charge in [0.05, 0.1) is 73.4 Å². The number of amides is 2. The van der Waals surface area contributed by atoms with E-state index in [-0.39, 0.29) is 86.5 Å². The van der Waals surface area contributed by atoms with Crippen molar-refractivity contribution in [2.45, 2.75) is 157 Å². The number of esters is 2. The number of nitrogens with zero attached hydrogens (tertiary/aromatic N) is 6. The Balaban J connectivity index is 0.000000196. The van der Waals surface area contributed by atoms with Crippen LogP contribution in [0.5, 0.6) is 11.5 Å². The summed E-state index contributed by atoms with van der Waals surface area (Å²) in [5, 5.41) is 0. The highest BCUT2D eigenvalue weighted by Gasteiger charge is 2.39. The van der Waals surface area contributed by atoms with Gasteiger partial charge in [-0.25, -0.2) is 28.8 Å². The Morgan fingerprint density at radius 3 is 1.18 bits per heavy atom. The van der Waals surface area contributed by atoms with Crippen LogP contribution in [-0.4, -0.2) is 101 Å². The van der Waals surface area contributed by atoms with Crippen LogP contribution in [-0.2, 0) is 45.1 Å². The second-order valence-electron chi connectivity index (χ2n) is 19.0. The van der Waals surface area contributed by atoms with Gasteiger partial charge in [0, 0.05) is 13.1 Å². The molecule has 0 radical (unpaired) electrons. The van der Waals surface area contributed by atoms with Gasteiger partial charge in [0.15, 0.2) is 11.4 Å². The van der Waals surface area contributed by atoms with Crippen molar-refractivity contribution in [2.24, 2.45) is 0 Å². The first-order chi connectivity index (χ1) is 31.2.